The van der Waals surface area contributed by atoms with Crippen molar-refractivity contribution in [2.45, 2.75) is 37.8 Å². The lowest BCUT2D eigenvalue weighted by Gasteiger charge is -2.36. The van der Waals surface area contributed by atoms with Crippen LogP contribution in [-0.4, -0.2) is 51.3 Å². The molecule has 176 valence electrons. The maximum atomic E-state index is 12.1. The molecule has 1 saturated carbocycles. The molecule has 2 atom stereocenters. The maximum Gasteiger partial charge on any atom is 0.225 e. The van der Waals surface area contributed by atoms with Gasteiger partial charge < -0.3 is 19.7 Å². The molecule has 34 heavy (non-hydrogen) atoms. The minimum atomic E-state index is -0.734. The number of aromatic nitrogens is 2. The lowest BCUT2D eigenvalue weighted by atomic mass is 9.71. The van der Waals surface area contributed by atoms with Crippen LogP contribution in [0.15, 0.2) is 60.9 Å². The number of aliphatic hydroxyl groups excluding tert-OH is 2. The molecule has 1 aromatic heterocycles. The van der Waals surface area contributed by atoms with Gasteiger partial charge in [-0.15, -0.1) is 0 Å². The molecule has 1 aliphatic carbocycles. The summed E-state index contributed by atoms with van der Waals surface area (Å²) in [7, 11) is 3.64. The fraction of sp³-hybridized carbons (Fsp3) is 0.357. The van der Waals surface area contributed by atoms with E-state index in [1.54, 1.807) is 28.8 Å². The van der Waals surface area contributed by atoms with Gasteiger partial charge >= 0.3 is 0 Å². The van der Waals surface area contributed by atoms with Crippen LogP contribution in [0.1, 0.15) is 54.8 Å². The second kappa shape index (κ2) is 10.3. The topological polar surface area (TPSA) is 78.6 Å². The molecule has 0 aliphatic heterocycles. The Morgan fingerprint density at radius 2 is 1.74 bits per heavy atom. The first-order chi connectivity index (χ1) is 16.4. The van der Waals surface area contributed by atoms with E-state index in [-0.39, 0.29) is 18.4 Å². The predicted molar refractivity (Wildman–Crippen MR) is 132 cm³/mol. The van der Waals surface area contributed by atoms with Crippen molar-refractivity contribution >= 4 is 5.91 Å². The molecule has 4 rings (SSSR count). The first-order valence-corrected chi connectivity index (χ1v) is 11.6. The highest BCUT2D eigenvalue weighted by molar-refractivity contribution is 5.79. The van der Waals surface area contributed by atoms with Crippen LogP contribution in [0.2, 0.25) is 0 Å². The van der Waals surface area contributed by atoms with Gasteiger partial charge in [0.1, 0.15) is 18.0 Å². The Hall–Kier alpha value is -3.40. The fourth-order valence-corrected chi connectivity index (χ4v) is 4.43. The summed E-state index contributed by atoms with van der Waals surface area (Å²) in [6, 6.07) is 16.2. The molecule has 0 unspecified atom stereocenters. The smallest absolute Gasteiger partial charge is 0.225 e. The molecular weight excluding hydrogens is 426 g/mol. The molecular formula is C28H31N3O3. The number of hydrogen-bond donors (Lipinski definition) is 2. The zero-order chi connectivity index (χ0) is 24.2. The predicted octanol–water partition coefficient (Wildman–Crippen LogP) is 3.77. The van der Waals surface area contributed by atoms with Gasteiger partial charge in [0.15, 0.2) is 0 Å². The maximum absolute atomic E-state index is 12.1. The van der Waals surface area contributed by atoms with Crippen molar-refractivity contribution in [1.29, 1.82) is 0 Å². The summed E-state index contributed by atoms with van der Waals surface area (Å²) < 4.78 is 1.70. The summed E-state index contributed by atoms with van der Waals surface area (Å²) >= 11 is 0. The normalized spacial score (nSPS) is 18.9. The standard InChI is InChI=1S/C28H31N3O3/c1-19(33)27-29-14-15-31(27)26(18-32)13-6-20-4-7-21(8-5-20)22-9-11-23(12-10-22)24-16-25(17-24)28(34)30(2)3/h4-5,7-12,14-15,19,24-26,32-33H,16-18H2,1-3H3/t19-,24?,25?,26-/m0/s1. The summed E-state index contributed by atoms with van der Waals surface area (Å²) in [6.45, 7) is 1.47. The highest BCUT2D eigenvalue weighted by Crippen LogP contribution is 2.42. The van der Waals surface area contributed by atoms with Crippen LogP contribution in [0, 0.1) is 17.8 Å². The molecule has 0 saturated heterocycles. The molecule has 2 aromatic carbocycles. The molecule has 1 heterocycles. The summed E-state index contributed by atoms with van der Waals surface area (Å²) in [6.07, 6.45) is 4.43. The monoisotopic (exact) mass is 457 g/mol. The van der Waals surface area contributed by atoms with E-state index in [0.29, 0.717) is 11.7 Å². The minimum absolute atomic E-state index is 0.158. The minimum Gasteiger partial charge on any atom is -0.393 e. The third kappa shape index (κ3) is 5.06. The van der Waals surface area contributed by atoms with Gasteiger partial charge in [0.05, 0.1) is 6.61 Å². The first-order valence-electron chi connectivity index (χ1n) is 11.6. The summed E-state index contributed by atoms with van der Waals surface area (Å²) in [5, 5.41) is 19.6. The summed E-state index contributed by atoms with van der Waals surface area (Å²) in [4.78, 5) is 17.9. The number of carbonyl (C=O) groups is 1. The summed E-state index contributed by atoms with van der Waals surface area (Å²) in [5.74, 6) is 7.53. The zero-order valence-electron chi connectivity index (χ0n) is 19.8. The number of aliphatic hydroxyl groups is 2. The van der Waals surface area contributed by atoms with E-state index in [1.165, 1.54) is 5.56 Å². The van der Waals surface area contributed by atoms with Crippen molar-refractivity contribution in [3.8, 4) is 23.0 Å². The van der Waals surface area contributed by atoms with Crippen LogP contribution in [0.5, 0.6) is 0 Å². The van der Waals surface area contributed by atoms with Crippen LogP contribution in [0.3, 0.4) is 0 Å². The zero-order valence-corrected chi connectivity index (χ0v) is 19.8. The number of benzene rings is 2. The highest BCUT2D eigenvalue weighted by atomic mass is 16.3. The van der Waals surface area contributed by atoms with Crippen molar-refractivity contribution in [2.75, 3.05) is 20.7 Å². The van der Waals surface area contributed by atoms with E-state index in [4.69, 9.17) is 0 Å². The Labute approximate surface area is 200 Å². The Morgan fingerprint density at radius 3 is 2.29 bits per heavy atom. The quantitative estimate of drug-likeness (QED) is 0.553. The number of imidazole rings is 1. The molecule has 0 radical (unpaired) electrons. The molecule has 6 nitrogen and oxygen atoms in total. The van der Waals surface area contributed by atoms with Crippen LogP contribution in [-0.2, 0) is 4.79 Å². The van der Waals surface area contributed by atoms with Crippen LogP contribution in [0.4, 0.5) is 0 Å². The van der Waals surface area contributed by atoms with Gasteiger partial charge in [0.2, 0.25) is 5.91 Å². The van der Waals surface area contributed by atoms with E-state index >= 15 is 0 Å². The second-order valence-corrected chi connectivity index (χ2v) is 9.13. The van der Waals surface area contributed by atoms with Gasteiger partial charge in [0, 0.05) is 38.0 Å². The number of hydrogen-bond acceptors (Lipinski definition) is 4. The fourth-order valence-electron chi connectivity index (χ4n) is 4.43. The number of amides is 1. The molecule has 2 N–H and O–H groups in total. The van der Waals surface area contributed by atoms with Gasteiger partial charge in [-0.05, 0) is 54.5 Å². The second-order valence-electron chi connectivity index (χ2n) is 9.13. The van der Waals surface area contributed by atoms with Crippen molar-refractivity contribution in [3.05, 3.63) is 77.9 Å². The van der Waals surface area contributed by atoms with E-state index in [2.05, 4.69) is 41.1 Å². The molecule has 0 bridgehead atoms. The Kier molecular flexibility index (Phi) is 7.16. The van der Waals surface area contributed by atoms with E-state index < -0.39 is 12.1 Å². The van der Waals surface area contributed by atoms with Crippen LogP contribution in [0.25, 0.3) is 11.1 Å². The van der Waals surface area contributed by atoms with Crippen molar-refractivity contribution < 1.29 is 15.0 Å². The van der Waals surface area contributed by atoms with Crippen molar-refractivity contribution in [1.82, 2.24) is 14.5 Å². The van der Waals surface area contributed by atoms with Gasteiger partial charge in [-0.3, -0.25) is 4.79 Å². The van der Waals surface area contributed by atoms with Crippen molar-refractivity contribution in [2.24, 2.45) is 5.92 Å². The van der Waals surface area contributed by atoms with Crippen molar-refractivity contribution in [3.63, 3.8) is 0 Å². The first kappa shape index (κ1) is 23.7. The highest BCUT2D eigenvalue weighted by Gasteiger charge is 2.35. The van der Waals surface area contributed by atoms with E-state index in [9.17, 15) is 15.0 Å². The SMILES string of the molecule is C[C@H](O)c1nccn1[C@@H](C#Cc1ccc(-c2ccc(C3CC(C(=O)N(C)C)C3)cc2)cc1)CO. The third-order valence-corrected chi connectivity index (χ3v) is 6.49. The number of rotatable bonds is 6. The number of carbonyl (C=O) groups excluding carboxylic acids is 1. The summed E-state index contributed by atoms with van der Waals surface area (Å²) in [5.41, 5.74) is 4.39. The van der Waals surface area contributed by atoms with Gasteiger partial charge in [0.25, 0.3) is 0 Å². The molecule has 1 amide bonds. The van der Waals surface area contributed by atoms with E-state index in [0.717, 1.165) is 29.5 Å². The molecule has 1 aliphatic rings. The molecule has 3 aromatic rings. The Balaban J connectivity index is 1.41. The Morgan fingerprint density at radius 1 is 1.12 bits per heavy atom. The van der Waals surface area contributed by atoms with Gasteiger partial charge in [-0.2, -0.15) is 0 Å². The Bertz CT molecular complexity index is 1180. The van der Waals surface area contributed by atoms with E-state index in [1.807, 2.05) is 38.4 Å². The lowest BCUT2D eigenvalue weighted by Crippen LogP contribution is -2.37. The van der Waals surface area contributed by atoms with Gasteiger partial charge in [-0.1, -0.05) is 48.2 Å². The molecule has 0 spiro atoms. The average molecular weight is 458 g/mol. The van der Waals surface area contributed by atoms with Gasteiger partial charge in [-0.25, -0.2) is 4.98 Å². The lowest BCUT2D eigenvalue weighted by molar-refractivity contribution is -0.136. The average Bonchev–Trinajstić information content (AvgIpc) is 3.29. The molecule has 1 fully saturated rings. The van der Waals surface area contributed by atoms with Crippen LogP contribution < -0.4 is 0 Å². The largest absolute Gasteiger partial charge is 0.393 e. The molecule has 6 heteroatoms. The number of nitrogens with zero attached hydrogens (tertiary/aromatic N) is 3. The third-order valence-electron chi connectivity index (χ3n) is 6.49. The van der Waals surface area contributed by atoms with Crippen LogP contribution >= 0.6 is 0 Å².